The Morgan fingerprint density at radius 1 is 1.15 bits per heavy atom. The lowest BCUT2D eigenvalue weighted by molar-refractivity contribution is -0.183. The van der Waals surface area contributed by atoms with Crippen molar-refractivity contribution < 1.29 is 13.2 Å². The smallest absolute Gasteiger partial charge is 0.382 e. The van der Waals surface area contributed by atoms with Gasteiger partial charge in [-0.15, -0.1) is 5.10 Å². The zero-order valence-corrected chi connectivity index (χ0v) is 10.5. The van der Waals surface area contributed by atoms with E-state index in [1.807, 2.05) is 0 Å². The fourth-order valence-electron chi connectivity index (χ4n) is 2.68. The van der Waals surface area contributed by atoms with Crippen molar-refractivity contribution in [1.82, 2.24) is 25.0 Å². The van der Waals surface area contributed by atoms with Crippen LogP contribution in [0.25, 0.3) is 11.2 Å². The van der Waals surface area contributed by atoms with Gasteiger partial charge in [0, 0.05) is 0 Å². The number of fused-ring (bicyclic) bond motifs is 1. The summed E-state index contributed by atoms with van der Waals surface area (Å²) in [7, 11) is 0. The van der Waals surface area contributed by atoms with Crippen molar-refractivity contribution in [3.05, 3.63) is 6.33 Å². The standard InChI is InChI=1S/C11H13F3N6/c12-11(13,14)6-1-3-7(4-2-6)20-10-8(18-19-20)9(15)16-5-17-10/h5-7H,1-4H2,(H2,15,16,17). The molecule has 2 aromatic heterocycles. The number of nitrogens with zero attached hydrogens (tertiary/aromatic N) is 5. The second kappa shape index (κ2) is 4.57. The summed E-state index contributed by atoms with van der Waals surface area (Å²) in [4.78, 5) is 7.88. The third-order valence-corrected chi connectivity index (χ3v) is 3.79. The molecule has 0 aliphatic heterocycles. The van der Waals surface area contributed by atoms with Gasteiger partial charge >= 0.3 is 6.18 Å². The van der Waals surface area contributed by atoms with E-state index in [-0.39, 0.29) is 24.7 Å². The normalized spacial score (nSPS) is 24.1. The molecule has 0 bridgehead atoms. The van der Waals surface area contributed by atoms with Crippen molar-refractivity contribution >= 4 is 17.0 Å². The van der Waals surface area contributed by atoms with E-state index in [9.17, 15) is 13.2 Å². The molecule has 0 unspecified atom stereocenters. The molecule has 0 aromatic carbocycles. The Morgan fingerprint density at radius 2 is 1.85 bits per heavy atom. The van der Waals surface area contributed by atoms with Crippen LogP contribution in [0.5, 0.6) is 0 Å². The van der Waals surface area contributed by atoms with Gasteiger partial charge in [-0.1, -0.05) is 5.21 Å². The average molecular weight is 286 g/mol. The molecule has 1 saturated carbocycles. The molecule has 0 atom stereocenters. The van der Waals surface area contributed by atoms with Crippen molar-refractivity contribution in [3.63, 3.8) is 0 Å². The number of anilines is 1. The Bertz CT molecular complexity index is 614. The van der Waals surface area contributed by atoms with Gasteiger partial charge in [0.05, 0.1) is 12.0 Å². The highest BCUT2D eigenvalue weighted by molar-refractivity contribution is 5.80. The summed E-state index contributed by atoms with van der Waals surface area (Å²) >= 11 is 0. The molecule has 3 rings (SSSR count). The molecule has 1 aliphatic carbocycles. The molecular weight excluding hydrogens is 273 g/mol. The summed E-state index contributed by atoms with van der Waals surface area (Å²) in [5.74, 6) is -0.988. The minimum absolute atomic E-state index is 0.107. The monoisotopic (exact) mass is 286 g/mol. The SMILES string of the molecule is Nc1ncnc2c1nnn2C1CCC(C(F)(F)F)CC1. The summed E-state index contributed by atoms with van der Waals surface area (Å²) in [5.41, 5.74) is 6.54. The van der Waals surface area contributed by atoms with Crippen LogP contribution in [-0.2, 0) is 0 Å². The Balaban J connectivity index is 1.82. The molecule has 0 saturated heterocycles. The first-order chi connectivity index (χ1) is 9.47. The van der Waals surface area contributed by atoms with E-state index in [1.165, 1.54) is 6.33 Å². The summed E-state index contributed by atoms with van der Waals surface area (Å²) < 4.78 is 39.5. The number of nitrogens with two attached hydrogens (primary N) is 1. The molecule has 0 radical (unpaired) electrons. The van der Waals surface area contributed by atoms with E-state index in [2.05, 4.69) is 20.3 Å². The van der Waals surface area contributed by atoms with E-state index in [1.54, 1.807) is 4.68 Å². The highest BCUT2D eigenvalue weighted by Gasteiger charge is 2.42. The van der Waals surface area contributed by atoms with Crippen LogP contribution in [0.15, 0.2) is 6.33 Å². The molecule has 2 aromatic rings. The number of rotatable bonds is 1. The molecule has 1 fully saturated rings. The summed E-state index contributed by atoms with van der Waals surface area (Å²) in [6.45, 7) is 0. The number of hydrogen-bond acceptors (Lipinski definition) is 5. The van der Waals surface area contributed by atoms with E-state index >= 15 is 0 Å². The highest BCUT2D eigenvalue weighted by Crippen LogP contribution is 2.41. The predicted octanol–water partition coefficient (Wildman–Crippen LogP) is 2.10. The van der Waals surface area contributed by atoms with Crippen molar-refractivity contribution in [2.24, 2.45) is 5.92 Å². The van der Waals surface area contributed by atoms with Crippen LogP contribution in [0.1, 0.15) is 31.7 Å². The number of halogens is 3. The first-order valence-corrected chi connectivity index (χ1v) is 6.35. The maximum Gasteiger partial charge on any atom is 0.391 e. The lowest BCUT2D eigenvalue weighted by Gasteiger charge is -2.29. The van der Waals surface area contributed by atoms with Gasteiger partial charge in [-0.05, 0) is 25.7 Å². The summed E-state index contributed by atoms with van der Waals surface area (Å²) in [5, 5.41) is 7.87. The van der Waals surface area contributed by atoms with Crippen LogP contribution in [-0.4, -0.2) is 31.1 Å². The molecule has 2 heterocycles. The maximum absolute atomic E-state index is 12.6. The molecule has 6 nitrogen and oxygen atoms in total. The van der Waals surface area contributed by atoms with Gasteiger partial charge in [-0.3, -0.25) is 0 Å². The largest absolute Gasteiger partial charge is 0.391 e. The van der Waals surface area contributed by atoms with Crippen molar-refractivity contribution in [2.75, 3.05) is 5.73 Å². The minimum atomic E-state index is -4.11. The fraction of sp³-hybridized carbons (Fsp3) is 0.636. The second-order valence-electron chi connectivity index (χ2n) is 5.01. The van der Waals surface area contributed by atoms with Gasteiger partial charge in [0.2, 0.25) is 0 Å². The Hall–Kier alpha value is -1.93. The number of alkyl halides is 3. The summed E-state index contributed by atoms with van der Waals surface area (Å²) in [6, 6.07) is -0.118. The highest BCUT2D eigenvalue weighted by atomic mass is 19.4. The Labute approximate surface area is 112 Å². The van der Waals surface area contributed by atoms with Crippen molar-refractivity contribution in [2.45, 2.75) is 37.9 Å². The molecule has 1 aliphatic rings. The van der Waals surface area contributed by atoms with E-state index in [4.69, 9.17) is 5.73 Å². The topological polar surface area (TPSA) is 82.5 Å². The lowest BCUT2D eigenvalue weighted by atomic mass is 9.85. The molecular formula is C11H13F3N6. The van der Waals surface area contributed by atoms with Crippen LogP contribution in [0.4, 0.5) is 19.0 Å². The second-order valence-corrected chi connectivity index (χ2v) is 5.01. The molecule has 9 heteroatoms. The van der Waals surface area contributed by atoms with Gasteiger partial charge in [0.25, 0.3) is 0 Å². The first-order valence-electron chi connectivity index (χ1n) is 6.35. The van der Waals surface area contributed by atoms with Crippen LogP contribution in [0, 0.1) is 5.92 Å². The number of nitrogen functional groups attached to an aromatic ring is 1. The Morgan fingerprint density at radius 3 is 2.50 bits per heavy atom. The van der Waals surface area contributed by atoms with Crippen LogP contribution in [0.2, 0.25) is 0 Å². The van der Waals surface area contributed by atoms with Crippen LogP contribution in [0.3, 0.4) is 0 Å². The summed E-state index contributed by atoms with van der Waals surface area (Å²) in [6.07, 6.45) is -1.77. The zero-order chi connectivity index (χ0) is 14.3. The first kappa shape index (κ1) is 13.1. The minimum Gasteiger partial charge on any atom is -0.382 e. The third-order valence-electron chi connectivity index (χ3n) is 3.79. The molecule has 2 N–H and O–H groups in total. The third kappa shape index (κ3) is 2.16. The lowest BCUT2D eigenvalue weighted by Crippen LogP contribution is -2.29. The maximum atomic E-state index is 12.6. The van der Waals surface area contributed by atoms with Gasteiger partial charge in [0.1, 0.15) is 6.33 Å². The van der Waals surface area contributed by atoms with Crippen LogP contribution >= 0.6 is 0 Å². The Kier molecular flexibility index (Phi) is 2.98. The van der Waals surface area contributed by atoms with Crippen LogP contribution < -0.4 is 5.73 Å². The van der Waals surface area contributed by atoms with Crippen molar-refractivity contribution in [1.29, 1.82) is 0 Å². The van der Waals surface area contributed by atoms with E-state index < -0.39 is 12.1 Å². The van der Waals surface area contributed by atoms with E-state index in [0.717, 1.165) is 0 Å². The molecule has 20 heavy (non-hydrogen) atoms. The van der Waals surface area contributed by atoms with Gasteiger partial charge in [-0.25, -0.2) is 14.6 Å². The average Bonchev–Trinajstić information content (AvgIpc) is 2.83. The molecule has 0 spiro atoms. The predicted molar refractivity (Wildman–Crippen MR) is 64.6 cm³/mol. The number of aromatic nitrogens is 5. The van der Waals surface area contributed by atoms with Gasteiger partial charge in [0.15, 0.2) is 17.0 Å². The van der Waals surface area contributed by atoms with Crippen molar-refractivity contribution in [3.8, 4) is 0 Å². The molecule has 0 amide bonds. The zero-order valence-electron chi connectivity index (χ0n) is 10.5. The van der Waals surface area contributed by atoms with Gasteiger partial charge in [-0.2, -0.15) is 13.2 Å². The fourth-order valence-corrected chi connectivity index (χ4v) is 2.68. The molecule has 108 valence electrons. The van der Waals surface area contributed by atoms with Gasteiger partial charge < -0.3 is 5.73 Å². The van der Waals surface area contributed by atoms with E-state index in [0.29, 0.717) is 24.0 Å². The number of hydrogen-bond donors (Lipinski definition) is 1. The quantitative estimate of drug-likeness (QED) is 0.868.